The van der Waals surface area contributed by atoms with Crippen molar-refractivity contribution in [2.24, 2.45) is 5.41 Å². The minimum Gasteiger partial charge on any atom is -0.0620 e. The lowest BCUT2D eigenvalue weighted by Gasteiger charge is -2.26. The van der Waals surface area contributed by atoms with Gasteiger partial charge in [0.2, 0.25) is 0 Å². The molecule has 0 aliphatic heterocycles. The van der Waals surface area contributed by atoms with Gasteiger partial charge in [0.15, 0.2) is 0 Å². The molecule has 0 aromatic heterocycles. The Hall–Kier alpha value is -1.82. The van der Waals surface area contributed by atoms with Crippen molar-refractivity contribution in [2.75, 3.05) is 0 Å². The van der Waals surface area contributed by atoms with E-state index >= 15 is 0 Å². The van der Waals surface area contributed by atoms with Gasteiger partial charge in [-0.15, -0.1) is 0 Å². The highest BCUT2D eigenvalue weighted by Crippen LogP contribution is 2.45. The average molecular weight is 317 g/mol. The molecular formula is C24H29. The van der Waals surface area contributed by atoms with E-state index in [1.165, 1.54) is 39.0 Å². The van der Waals surface area contributed by atoms with Gasteiger partial charge in [0, 0.05) is 6.42 Å². The molecule has 0 spiro atoms. The fourth-order valence-electron chi connectivity index (χ4n) is 3.48. The van der Waals surface area contributed by atoms with Crippen LogP contribution in [-0.4, -0.2) is 0 Å². The van der Waals surface area contributed by atoms with E-state index < -0.39 is 0 Å². The zero-order valence-electron chi connectivity index (χ0n) is 16.1. The first-order valence-electron chi connectivity index (χ1n) is 8.89. The molecule has 0 heteroatoms. The van der Waals surface area contributed by atoms with Gasteiger partial charge in [0.1, 0.15) is 0 Å². The minimum absolute atomic E-state index is 0.116. The zero-order chi connectivity index (χ0) is 17.7. The van der Waals surface area contributed by atoms with E-state index in [9.17, 15) is 0 Å². The minimum atomic E-state index is 0.116. The summed E-state index contributed by atoms with van der Waals surface area (Å²) in [5.74, 6) is 0. The van der Waals surface area contributed by atoms with E-state index in [4.69, 9.17) is 0 Å². The molecule has 0 bridgehead atoms. The second kappa shape index (κ2) is 5.62. The zero-order valence-corrected chi connectivity index (χ0v) is 16.1. The van der Waals surface area contributed by atoms with Crippen molar-refractivity contribution in [1.82, 2.24) is 0 Å². The Kier molecular flexibility index (Phi) is 3.98. The van der Waals surface area contributed by atoms with Crippen LogP contribution in [0.25, 0.3) is 17.2 Å². The monoisotopic (exact) mass is 317 g/mol. The Bertz CT molecular complexity index is 805. The van der Waals surface area contributed by atoms with E-state index in [-0.39, 0.29) is 10.8 Å². The summed E-state index contributed by atoms with van der Waals surface area (Å²) in [7, 11) is 0. The molecule has 2 aromatic rings. The Labute approximate surface area is 147 Å². The molecule has 0 nitrogen and oxygen atoms in total. The fourth-order valence-corrected chi connectivity index (χ4v) is 3.48. The average Bonchev–Trinajstić information content (AvgIpc) is 2.90. The van der Waals surface area contributed by atoms with Crippen molar-refractivity contribution in [3.05, 3.63) is 70.6 Å². The van der Waals surface area contributed by atoms with Gasteiger partial charge < -0.3 is 0 Å². The Morgan fingerprint density at radius 2 is 1.42 bits per heavy atom. The molecule has 24 heavy (non-hydrogen) atoms. The quantitative estimate of drug-likeness (QED) is 0.533. The van der Waals surface area contributed by atoms with Crippen LogP contribution >= 0.6 is 0 Å². The SMILES string of the molecule is Cc1ccccc1-c1c(C(C)(C)C)ccc2c1C=C(C(C)(C)C)[CH]2. The van der Waals surface area contributed by atoms with Crippen LogP contribution in [0.15, 0.2) is 42.0 Å². The van der Waals surface area contributed by atoms with Gasteiger partial charge in [0.25, 0.3) is 0 Å². The summed E-state index contributed by atoms with van der Waals surface area (Å²) in [4.78, 5) is 0. The van der Waals surface area contributed by atoms with Crippen molar-refractivity contribution in [3.63, 3.8) is 0 Å². The van der Waals surface area contributed by atoms with E-state index in [2.05, 4.69) is 97.4 Å². The van der Waals surface area contributed by atoms with E-state index in [0.29, 0.717) is 0 Å². The molecule has 0 saturated carbocycles. The van der Waals surface area contributed by atoms with Crippen molar-refractivity contribution < 1.29 is 0 Å². The summed E-state index contributed by atoms with van der Waals surface area (Å²) in [6.07, 6.45) is 4.77. The van der Waals surface area contributed by atoms with Gasteiger partial charge in [-0.25, -0.2) is 0 Å². The molecule has 3 rings (SSSR count). The smallest absolute Gasteiger partial charge is 0.0170 e. The van der Waals surface area contributed by atoms with Crippen LogP contribution in [0.2, 0.25) is 0 Å². The first-order chi connectivity index (χ1) is 11.1. The van der Waals surface area contributed by atoms with Crippen LogP contribution < -0.4 is 0 Å². The molecule has 0 heterocycles. The lowest BCUT2D eigenvalue weighted by molar-refractivity contribution is 0.516. The molecule has 1 aliphatic carbocycles. The molecule has 1 radical (unpaired) electrons. The molecule has 125 valence electrons. The normalized spacial score (nSPS) is 14.5. The largest absolute Gasteiger partial charge is 0.0620 e. The predicted octanol–water partition coefficient (Wildman–Crippen LogP) is 6.96. The molecule has 0 unspecified atom stereocenters. The highest BCUT2D eigenvalue weighted by Gasteiger charge is 2.29. The number of aryl methyl sites for hydroxylation is 1. The maximum atomic E-state index is 2.41. The highest BCUT2D eigenvalue weighted by molar-refractivity contribution is 5.87. The van der Waals surface area contributed by atoms with Crippen LogP contribution in [0.4, 0.5) is 0 Å². The van der Waals surface area contributed by atoms with Crippen LogP contribution in [0.1, 0.15) is 63.8 Å². The van der Waals surface area contributed by atoms with Gasteiger partial charge in [-0.2, -0.15) is 0 Å². The predicted molar refractivity (Wildman–Crippen MR) is 106 cm³/mol. The van der Waals surface area contributed by atoms with E-state index in [0.717, 1.165) is 0 Å². The van der Waals surface area contributed by atoms with Gasteiger partial charge in [0.05, 0.1) is 0 Å². The van der Waals surface area contributed by atoms with E-state index in [1.807, 2.05) is 0 Å². The van der Waals surface area contributed by atoms with Gasteiger partial charge in [-0.3, -0.25) is 0 Å². The molecule has 0 fully saturated rings. The molecule has 2 aromatic carbocycles. The van der Waals surface area contributed by atoms with Crippen LogP contribution in [0.5, 0.6) is 0 Å². The lowest BCUT2D eigenvalue weighted by Crippen LogP contribution is -2.14. The summed E-state index contributed by atoms with van der Waals surface area (Å²) in [6.45, 7) is 16.0. The lowest BCUT2D eigenvalue weighted by atomic mass is 9.78. The van der Waals surface area contributed by atoms with Gasteiger partial charge in [-0.1, -0.05) is 89.6 Å². The first kappa shape index (κ1) is 17.0. The van der Waals surface area contributed by atoms with Crippen molar-refractivity contribution >= 4 is 6.08 Å². The molecule has 0 N–H and O–H groups in total. The van der Waals surface area contributed by atoms with Crippen LogP contribution in [-0.2, 0) is 5.41 Å². The summed E-state index contributed by atoms with van der Waals surface area (Å²) in [6, 6.07) is 13.4. The third-order valence-corrected chi connectivity index (χ3v) is 4.98. The topological polar surface area (TPSA) is 0 Å². The van der Waals surface area contributed by atoms with Crippen molar-refractivity contribution in [1.29, 1.82) is 0 Å². The number of hydrogen-bond acceptors (Lipinski definition) is 0. The fraction of sp³-hybridized carbons (Fsp3) is 0.375. The Morgan fingerprint density at radius 3 is 2.00 bits per heavy atom. The van der Waals surface area contributed by atoms with E-state index in [1.54, 1.807) is 0 Å². The van der Waals surface area contributed by atoms with Gasteiger partial charge >= 0.3 is 0 Å². The Balaban J connectivity index is 2.32. The van der Waals surface area contributed by atoms with Gasteiger partial charge in [-0.05, 0) is 51.1 Å². The summed E-state index contributed by atoms with van der Waals surface area (Å²) in [5.41, 5.74) is 9.98. The second-order valence-corrected chi connectivity index (χ2v) is 9.05. The van der Waals surface area contributed by atoms with Crippen LogP contribution in [0.3, 0.4) is 0 Å². The number of allylic oxidation sites excluding steroid dienone is 1. The molecule has 0 saturated heterocycles. The maximum absolute atomic E-state index is 2.41. The molecule has 0 amide bonds. The second-order valence-electron chi connectivity index (χ2n) is 9.05. The number of rotatable bonds is 1. The summed E-state index contributed by atoms with van der Waals surface area (Å²) >= 11 is 0. The maximum Gasteiger partial charge on any atom is 0.0170 e. The molecule has 0 atom stereocenters. The third-order valence-electron chi connectivity index (χ3n) is 4.98. The number of fused-ring (bicyclic) bond motifs is 1. The number of benzene rings is 2. The molecular weight excluding hydrogens is 288 g/mol. The van der Waals surface area contributed by atoms with Crippen molar-refractivity contribution in [2.45, 2.75) is 53.9 Å². The molecule has 1 aliphatic rings. The first-order valence-corrected chi connectivity index (χ1v) is 8.89. The number of hydrogen-bond donors (Lipinski definition) is 0. The standard InChI is InChI=1S/C24H29/c1-16-10-8-9-11-19(16)22-20-15-18(23(2,3)4)14-17(20)12-13-21(22)24(5,6)7/h8-15H,1-7H3. The van der Waals surface area contributed by atoms with Crippen molar-refractivity contribution in [3.8, 4) is 11.1 Å². The summed E-state index contributed by atoms with van der Waals surface area (Å²) < 4.78 is 0. The Morgan fingerprint density at radius 1 is 0.750 bits per heavy atom. The van der Waals surface area contributed by atoms with Crippen LogP contribution in [0, 0.1) is 18.8 Å². The highest BCUT2D eigenvalue weighted by atomic mass is 14.3. The summed E-state index contributed by atoms with van der Waals surface area (Å²) in [5, 5.41) is 0. The third kappa shape index (κ3) is 2.95.